The molecule has 0 aliphatic carbocycles. The summed E-state index contributed by atoms with van der Waals surface area (Å²) in [7, 11) is -9.94. The molecule has 19 heteroatoms. The van der Waals surface area contributed by atoms with Crippen molar-refractivity contribution in [1.82, 2.24) is 0 Å². The molecule has 0 amide bonds. The number of phosphoric ester groups is 2. The largest absolute Gasteiger partial charge is 0.472 e. The van der Waals surface area contributed by atoms with Gasteiger partial charge >= 0.3 is 39.5 Å². The highest BCUT2D eigenvalue weighted by Gasteiger charge is 2.30. The quantitative estimate of drug-likeness (QED) is 0.0169. The van der Waals surface area contributed by atoms with Gasteiger partial charge in [0.25, 0.3) is 0 Å². The number of hydrogen-bond acceptors (Lipinski definition) is 15. The number of aliphatic hydroxyl groups is 1. The molecule has 0 aliphatic heterocycles. The van der Waals surface area contributed by atoms with Gasteiger partial charge in [-0.2, -0.15) is 0 Å². The Hall–Kier alpha value is -3.24. The molecule has 0 rings (SSSR count). The SMILES string of the molecule is CCC/C=C\C/C=C\CCCCCCCC(=O)OC(COC(=O)CCCCCCC/C=C\CCCCCCCC)COP(=O)(O)OCC(O)COP(=O)(O)OCC(COC(=O)CCCCCCC/C=C\C/C=C\CCCCC)OC(=O)CCCCCCCCCCCCCCC. The number of phosphoric acid groups is 2. The Morgan fingerprint density at radius 1 is 0.292 bits per heavy atom. The summed E-state index contributed by atoms with van der Waals surface area (Å²) in [6.07, 6.45) is 67.7. The van der Waals surface area contributed by atoms with E-state index < -0.39 is 97.5 Å². The molecule has 0 spiro atoms. The van der Waals surface area contributed by atoms with Gasteiger partial charge in [-0.15, -0.1) is 0 Å². The summed E-state index contributed by atoms with van der Waals surface area (Å²) in [5.74, 6) is -2.19. The fraction of sp³-hybridized carbons (Fsp3) is 0.818. The molecule has 17 nitrogen and oxygen atoms in total. The minimum Gasteiger partial charge on any atom is -0.462 e. The van der Waals surface area contributed by atoms with Crippen LogP contribution in [-0.4, -0.2) is 96.7 Å². The summed E-state index contributed by atoms with van der Waals surface area (Å²) in [6, 6.07) is 0. The zero-order valence-corrected chi connectivity index (χ0v) is 62.8. The van der Waals surface area contributed by atoms with Crippen molar-refractivity contribution in [2.24, 2.45) is 0 Å². The maximum Gasteiger partial charge on any atom is 0.472 e. The van der Waals surface area contributed by atoms with Crippen LogP contribution in [0.15, 0.2) is 60.8 Å². The molecule has 96 heavy (non-hydrogen) atoms. The smallest absolute Gasteiger partial charge is 0.462 e. The summed E-state index contributed by atoms with van der Waals surface area (Å²) in [4.78, 5) is 72.8. The minimum absolute atomic E-state index is 0.0806. The highest BCUT2D eigenvalue weighted by molar-refractivity contribution is 7.47. The number of esters is 4. The van der Waals surface area contributed by atoms with Gasteiger partial charge in [-0.05, 0) is 109 Å². The van der Waals surface area contributed by atoms with Crippen LogP contribution in [0.4, 0.5) is 0 Å². The lowest BCUT2D eigenvalue weighted by molar-refractivity contribution is -0.161. The highest BCUT2D eigenvalue weighted by Crippen LogP contribution is 2.45. The van der Waals surface area contributed by atoms with Crippen LogP contribution < -0.4 is 0 Å². The van der Waals surface area contributed by atoms with Gasteiger partial charge in [0.15, 0.2) is 12.2 Å². The molecule has 0 bridgehead atoms. The molecule has 0 fully saturated rings. The molecule has 560 valence electrons. The van der Waals surface area contributed by atoms with Gasteiger partial charge in [0.1, 0.15) is 19.3 Å². The van der Waals surface area contributed by atoms with E-state index in [1.54, 1.807) is 0 Å². The van der Waals surface area contributed by atoms with Crippen molar-refractivity contribution in [3.63, 3.8) is 0 Å². The molecule has 0 saturated carbocycles. The van der Waals surface area contributed by atoms with Gasteiger partial charge < -0.3 is 33.8 Å². The third-order valence-electron chi connectivity index (χ3n) is 16.4. The number of aliphatic hydroxyl groups excluding tert-OH is 1. The average molecular weight is 1400 g/mol. The molecule has 0 aromatic carbocycles. The normalized spacial score (nSPS) is 14.3. The Kier molecular flexibility index (Phi) is 67.8. The second-order valence-electron chi connectivity index (χ2n) is 25.9. The van der Waals surface area contributed by atoms with Crippen molar-refractivity contribution < 1.29 is 80.2 Å². The molecule has 0 aliphatic rings. The summed E-state index contributed by atoms with van der Waals surface area (Å²) in [5, 5.41) is 10.6. The first-order chi connectivity index (χ1) is 46.7. The zero-order valence-electron chi connectivity index (χ0n) is 61.1. The van der Waals surface area contributed by atoms with Crippen molar-refractivity contribution in [3.05, 3.63) is 60.8 Å². The number of carbonyl (C=O) groups excluding carboxylic acids is 4. The van der Waals surface area contributed by atoms with Crippen LogP contribution >= 0.6 is 15.6 Å². The van der Waals surface area contributed by atoms with E-state index in [4.69, 9.17) is 37.0 Å². The monoisotopic (exact) mass is 1400 g/mol. The van der Waals surface area contributed by atoms with Crippen LogP contribution in [0, 0.1) is 0 Å². The maximum absolute atomic E-state index is 13.1. The molecule has 0 saturated heterocycles. The molecule has 3 N–H and O–H groups in total. The van der Waals surface area contributed by atoms with Gasteiger partial charge in [0.2, 0.25) is 0 Å². The molecular weight excluding hydrogens is 1260 g/mol. The fourth-order valence-electron chi connectivity index (χ4n) is 10.5. The number of ether oxygens (including phenoxy) is 4. The van der Waals surface area contributed by atoms with Crippen LogP contribution in [0.3, 0.4) is 0 Å². The Morgan fingerprint density at radius 2 is 0.531 bits per heavy atom. The molecule has 0 aromatic rings. The number of rotatable bonds is 73. The predicted octanol–water partition coefficient (Wildman–Crippen LogP) is 21.9. The maximum atomic E-state index is 13.1. The summed E-state index contributed by atoms with van der Waals surface area (Å²) in [5.41, 5.74) is 0. The van der Waals surface area contributed by atoms with E-state index in [9.17, 15) is 43.2 Å². The van der Waals surface area contributed by atoms with Crippen molar-refractivity contribution in [2.45, 2.75) is 367 Å². The molecule has 0 aromatic heterocycles. The number of unbranched alkanes of at least 4 members (excludes halogenated alkanes) is 37. The Bertz CT molecular complexity index is 2060. The van der Waals surface area contributed by atoms with Gasteiger partial charge in [-0.25, -0.2) is 9.13 Å². The van der Waals surface area contributed by atoms with Crippen LogP contribution in [0.1, 0.15) is 349 Å². The van der Waals surface area contributed by atoms with E-state index in [0.717, 1.165) is 161 Å². The van der Waals surface area contributed by atoms with Crippen molar-refractivity contribution >= 4 is 39.5 Å². The van der Waals surface area contributed by atoms with Crippen LogP contribution in [0.25, 0.3) is 0 Å². The second kappa shape index (κ2) is 70.2. The third kappa shape index (κ3) is 69.2. The van der Waals surface area contributed by atoms with E-state index in [1.807, 2.05) is 0 Å². The lowest BCUT2D eigenvalue weighted by atomic mass is 10.0. The van der Waals surface area contributed by atoms with E-state index in [0.29, 0.717) is 25.7 Å². The summed E-state index contributed by atoms with van der Waals surface area (Å²) < 4.78 is 68.4. The fourth-order valence-corrected chi connectivity index (χ4v) is 12.1. The first kappa shape index (κ1) is 92.8. The molecule has 0 radical (unpaired) electrons. The van der Waals surface area contributed by atoms with Crippen molar-refractivity contribution in [1.29, 1.82) is 0 Å². The van der Waals surface area contributed by atoms with Gasteiger partial charge in [0.05, 0.1) is 26.4 Å². The molecule has 5 unspecified atom stereocenters. The summed E-state index contributed by atoms with van der Waals surface area (Å²) >= 11 is 0. The van der Waals surface area contributed by atoms with Crippen LogP contribution in [-0.2, 0) is 65.4 Å². The highest BCUT2D eigenvalue weighted by atomic mass is 31.2. The third-order valence-corrected chi connectivity index (χ3v) is 18.3. The molecular formula is C77H140O17P2. The summed E-state index contributed by atoms with van der Waals surface area (Å²) in [6.45, 7) is 4.79. The average Bonchev–Trinajstić information content (AvgIpc) is 1.15. The first-order valence-corrected chi connectivity index (χ1v) is 41.5. The number of carbonyl (C=O) groups is 4. The van der Waals surface area contributed by atoms with E-state index in [-0.39, 0.29) is 25.7 Å². The number of hydrogen-bond donors (Lipinski definition) is 3. The number of allylic oxidation sites excluding steroid dienone is 10. The van der Waals surface area contributed by atoms with Crippen molar-refractivity contribution in [3.8, 4) is 0 Å². The lowest BCUT2D eigenvalue weighted by Gasteiger charge is -2.21. The Morgan fingerprint density at radius 3 is 0.844 bits per heavy atom. The minimum atomic E-state index is -4.97. The second-order valence-corrected chi connectivity index (χ2v) is 28.9. The standard InChI is InChI=1S/C77H140O17P2/c1-5-9-13-17-21-25-29-33-35-39-41-45-49-53-57-61-74(79)87-67-72(93-76(81)63-59-55-51-47-43-37-31-27-23-19-15-11-7-3)69-91-95(83,84)89-65-71(78)66-90-96(85,86)92-70-73(94-77(82)64-60-56-52-48-44-38-32-28-24-20-16-12-8-4)68-88-75(80)62-58-54-50-46-42-40-36-34-30-26-22-18-14-10-6-2/h15,19,22,26-27,31,33-36,71-73,78H,5-14,16-18,20-21,23-25,28-30,32,37-70H2,1-4H3,(H,83,84)(H,85,86)/b19-15-,26-22-,31-27-,35-33-,36-34-. The lowest BCUT2D eigenvalue weighted by Crippen LogP contribution is -2.30. The predicted molar refractivity (Wildman–Crippen MR) is 390 cm³/mol. The van der Waals surface area contributed by atoms with Gasteiger partial charge in [-0.3, -0.25) is 37.3 Å². The van der Waals surface area contributed by atoms with Gasteiger partial charge in [-0.1, -0.05) is 275 Å². The zero-order chi connectivity index (χ0) is 70.4. The Labute approximate surface area is 584 Å². The molecule has 0 heterocycles. The van der Waals surface area contributed by atoms with Crippen molar-refractivity contribution in [2.75, 3.05) is 39.6 Å². The van der Waals surface area contributed by atoms with Crippen LogP contribution in [0.5, 0.6) is 0 Å². The van der Waals surface area contributed by atoms with E-state index in [2.05, 4.69) is 88.5 Å². The molecule has 5 atom stereocenters. The Balaban J connectivity index is 5.33. The topological polar surface area (TPSA) is 237 Å². The first-order valence-electron chi connectivity index (χ1n) is 38.5. The van der Waals surface area contributed by atoms with Gasteiger partial charge in [0, 0.05) is 25.7 Å². The van der Waals surface area contributed by atoms with E-state index in [1.165, 1.54) is 109 Å². The van der Waals surface area contributed by atoms with Crippen LogP contribution in [0.2, 0.25) is 0 Å². The van der Waals surface area contributed by atoms with E-state index >= 15 is 0 Å².